The summed E-state index contributed by atoms with van der Waals surface area (Å²) in [6, 6.07) is 7.69. The molecule has 2 aromatic rings. The highest BCUT2D eigenvalue weighted by Crippen LogP contribution is 2.19. The van der Waals surface area contributed by atoms with Crippen molar-refractivity contribution < 1.29 is 4.79 Å². The first-order valence-electron chi connectivity index (χ1n) is 6.95. The lowest BCUT2D eigenvalue weighted by Gasteiger charge is -2.12. The maximum absolute atomic E-state index is 11.5. The van der Waals surface area contributed by atoms with E-state index in [0.29, 0.717) is 18.3 Å². The Morgan fingerprint density at radius 3 is 2.59 bits per heavy atom. The SMILES string of the molecule is Cc1ccc(Nc2nc(NC[C@H](C)N)ncc2C(N)=O)cc1. The number of benzene rings is 1. The van der Waals surface area contributed by atoms with Crippen LogP contribution in [0, 0.1) is 6.92 Å². The Labute approximate surface area is 129 Å². The first kappa shape index (κ1) is 15.7. The van der Waals surface area contributed by atoms with Crippen LogP contribution in [0.1, 0.15) is 22.8 Å². The highest BCUT2D eigenvalue weighted by atomic mass is 16.1. The second kappa shape index (κ2) is 6.86. The van der Waals surface area contributed by atoms with Gasteiger partial charge in [0.1, 0.15) is 11.4 Å². The van der Waals surface area contributed by atoms with E-state index in [1.165, 1.54) is 6.20 Å². The Hall–Kier alpha value is -2.67. The number of nitrogens with zero attached hydrogens (tertiary/aromatic N) is 2. The normalized spacial score (nSPS) is 11.8. The van der Waals surface area contributed by atoms with Crippen molar-refractivity contribution in [3.8, 4) is 0 Å². The summed E-state index contributed by atoms with van der Waals surface area (Å²) in [4.78, 5) is 19.9. The molecule has 0 unspecified atom stereocenters. The van der Waals surface area contributed by atoms with Gasteiger partial charge in [0.05, 0.1) is 0 Å². The molecule has 2 rings (SSSR count). The maximum Gasteiger partial charge on any atom is 0.254 e. The number of anilines is 3. The molecule has 0 aliphatic rings. The van der Waals surface area contributed by atoms with Crippen LogP contribution in [0.3, 0.4) is 0 Å². The molecule has 22 heavy (non-hydrogen) atoms. The van der Waals surface area contributed by atoms with Crippen LogP contribution in [0.4, 0.5) is 17.5 Å². The van der Waals surface area contributed by atoms with Crippen LogP contribution in [-0.2, 0) is 0 Å². The predicted octanol–water partition coefficient (Wildman–Crippen LogP) is 1.39. The minimum absolute atomic E-state index is 0.0343. The number of hydrogen-bond donors (Lipinski definition) is 4. The van der Waals surface area contributed by atoms with Gasteiger partial charge >= 0.3 is 0 Å². The first-order valence-corrected chi connectivity index (χ1v) is 6.95. The van der Waals surface area contributed by atoms with Gasteiger partial charge in [0.25, 0.3) is 5.91 Å². The highest BCUT2D eigenvalue weighted by Gasteiger charge is 2.12. The molecule has 7 heteroatoms. The molecular weight excluding hydrogens is 280 g/mol. The zero-order valence-corrected chi connectivity index (χ0v) is 12.6. The number of rotatable bonds is 6. The smallest absolute Gasteiger partial charge is 0.254 e. The molecule has 0 spiro atoms. The zero-order chi connectivity index (χ0) is 16.1. The number of nitrogens with two attached hydrogens (primary N) is 2. The second-order valence-corrected chi connectivity index (χ2v) is 5.17. The van der Waals surface area contributed by atoms with Gasteiger partial charge in [-0.3, -0.25) is 4.79 Å². The summed E-state index contributed by atoms with van der Waals surface area (Å²) >= 11 is 0. The second-order valence-electron chi connectivity index (χ2n) is 5.17. The fraction of sp³-hybridized carbons (Fsp3) is 0.267. The molecule has 116 valence electrons. The van der Waals surface area contributed by atoms with Crippen molar-refractivity contribution in [1.82, 2.24) is 9.97 Å². The van der Waals surface area contributed by atoms with Gasteiger partial charge in [0, 0.05) is 24.5 Å². The zero-order valence-electron chi connectivity index (χ0n) is 12.6. The number of nitrogens with one attached hydrogen (secondary N) is 2. The monoisotopic (exact) mass is 300 g/mol. The van der Waals surface area contributed by atoms with E-state index >= 15 is 0 Å². The third kappa shape index (κ3) is 4.16. The summed E-state index contributed by atoms with van der Waals surface area (Å²) in [7, 11) is 0. The Bertz CT molecular complexity index is 654. The average molecular weight is 300 g/mol. The molecule has 0 aliphatic carbocycles. The lowest BCUT2D eigenvalue weighted by atomic mass is 10.2. The Kier molecular flexibility index (Phi) is 4.90. The largest absolute Gasteiger partial charge is 0.365 e. The van der Waals surface area contributed by atoms with Crippen LogP contribution >= 0.6 is 0 Å². The molecule has 1 amide bonds. The van der Waals surface area contributed by atoms with Crippen LogP contribution in [0.5, 0.6) is 0 Å². The molecule has 0 bridgehead atoms. The lowest BCUT2D eigenvalue weighted by Crippen LogP contribution is -2.26. The minimum atomic E-state index is -0.589. The summed E-state index contributed by atoms with van der Waals surface area (Å²) < 4.78 is 0. The fourth-order valence-corrected chi connectivity index (χ4v) is 1.77. The van der Waals surface area contributed by atoms with E-state index in [0.717, 1.165) is 11.3 Å². The molecule has 0 radical (unpaired) electrons. The van der Waals surface area contributed by atoms with Gasteiger partial charge in [0.2, 0.25) is 5.95 Å². The van der Waals surface area contributed by atoms with Crippen LogP contribution in [0.25, 0.3) is 0 Å². The van der Waals surface area contributed by atoms with E-state index in [-0.39, 0.29) is 11.6 Å². The number of aryl methyl sites for hydroxylation is 1. The third-order valence-corrected chi connectivity index (χ3v) is 2.95. The summed E-state index contributed by atoms with van der Waals surface area (Å²) in [5.74, 6) is 0.156. The third-order valence-electron chi connectivity index (χ3n) is 2.95. The van der Waals surface area contributed by atoms with Gasteiger partial charge < -0.3 is 22.1 Å². The summed E-state index contributed by atoms with van der Waals surface area (Å²) in [5, 5.41) is 6.09. The van der Waals surface area contributed by atoms with Crippen LogP contribution < -0.4 is 22.1 Å². The van der Waals surface area contributed by atoms with Crippen molar-refractivity contribution in [3.05, 3.63) is 41.6 Å². The van der Waals surface area contributed by atoms with Crippen LogP contribution in [0.15, 0.2) is 30.5 Å². The molecule has 6 N–H and O–H groups in total. The molecule has 1 atom stereocenters. The van der Waals surface area contributed by atoms with E-state index in [9.17, 15) is 4.79 Å². The van der Waals surface area contributed by atoms with Gasteiger partial charge in [-0.25, -0.2) is 4.98 Å². The fourth-order valence-electron chi connectivity index (χ4n) is 1.77. The van der Waals surface area contributed by atoms with Gasteiger partial charge in [-0.15, -0.1) is 0 Å². The van der Waals surface area contributed by atoms with E-state index in [1.807, 2.05) is 38.1 Å². The molecule has 1 heterocycles. The van der Waals surface area contributed by atoms with Crippen molar-refractivity contribution in [2.24, 2.45) is 11.5 Å². The first-order chi connectivity index (χ1) is 10.5. The maximum atomic E-state index is 11.5. The average Bonchev–Trinajstić information content (AvgIpc) is 2.47. The Balaban J connectivity index is 2.27. The highest BCUT2D eigenvalue weighted by molar-refractivity contribution is 5.98. The van der Waals surface area contributed by atoms with E-state index in [1.54, 1.807) is 0 Å². The quantitative estimate of drug-likeness (QED) is 0.640. The predicted molar refractivity (Wildman–Crippen MR) is 87.2 cm³/mol. The number of amides is 1. The number of carbonyl (C=O) groups excluding carboxylic acids is 1. The standard InChI is InChI=1S/C15H20N6O/c1-9-3-5-11(6-4-9)20-14-12(13(17)22)8-19-15(21-14)18-7-10(2)16/h3-6,8,10H,7,16H2,1-2H3,(H2,17,22)(H2,18,19,20,21)/t10-/m0/s1. The van der Waals surface area contributed by atoms with E-state index in [2.05, 4.69) is 20.6 Å². The molecule has 1 aromatic heterocycles. The van der Waals surface area contributed by atoms with Crippen molar-refractivity contribution in [2.75, 3.05) is 17.2 Å². The number of aromatic nitrogens is 2. The number of carbonyl (C=O) groups is 1. The van der Waals surface area contributed by atoms with Crippen molar-refractivity contribution >= 4 is 23.4 Å². The number of hydrogen-bond acceptors (Lipinski definition) is 6. The molecule has 0 saturated heterocycles. The Morgan fingerprint density at radius 2 is 2.00 bits per heavy atom. The van der Waals surface area contributed by atoms with E-state index < -0.39 is 5.91 Å². The topological polar surface area (TPSA) is 119 Å². The van der Waals surface area contributed by atoms with Crippen molar-refractivity contribution in [3.63, 3.8) is 0 Å². The Morgan fingerprint density at radius 1 is 1.32 bits per heavy atom. The summed E-state index contributed by atoms with van der Waals surface area (Å²) in [6.45, 7) is 4.40. The van der Waals surface area contributed by atoms with Gasteiger partial charge in [0.15, 0.2) is 0 Å². The molecule has 7 nitrogen and oxygen atoms in total. The van der Waals surface area contributed by atoms with Crippen LogP contribution in [-0.4, -0.2) is 28.5 Å². The summed E-state index contributed by atoms with van der Waals surface area (Å²) in [6.07, 6.45) is 1.40. The van der Waals surface area contributed by atoms with Gasteiger partial charge in [-0.2, -0.15) is 4.98 Å². The molecule has 1 aromatic carbocycles. The summed E-state index contributed by atoms with van der Waals surface area (Å²) in [5.41, 5.74) is 13.2. The van der Waals surface area contributed by atoms with Crippen molar-refractivity contribution in [2.45, 2.75) is 19.9 Å². The molecular formula is C15H20N6O. The van der Waals surface area contributed by atoms with Crippen molar-refractivity contribution in [1.29, 1.82) is 0 Å². The molecule has 0 saturated carbocycles. The number of primary amides is 1. The minimum Gasteiger partial charge on any atom is -0.365 e. The van der Waals surface area contributed by atoms with Gasteiger partial charge in [-0.1, -0.05) is 17.7 Å². The van der Waals surface area contributed by atoms with Crippen LogP contribution in [0.2, 0.25) is 0 Å². The van der Waals surface area contributed by atoms with E-state index in [4.69, 9.17) is 11.5 Å². The molecule has 0 aliphatic heterocycles. The lowest BCUT2D eigenvalue weighted by molar-refractivity contribution is 0.100. The van der Waals surface area contributed by atoms with Gasteiger partial charge in [-0.05, 0) is 26.0 Å². The molecule has 0 fully saturated rings.